The van der Waals surface area contributed by atoms with Crippen LogP contribution in [-0.4, -0.2) is 36.2 Å². The Labute approximate surface area is 144 Å². The number of H-pyrrole nitrogens is 1. The van der Waals surface area contributed by atoms with Crippen molar-refractivity contribution in [2.45, 2.75) is 6.54 Å². The summed E-state index contributed by atoms with van der Waals surface area (Å²) >= 11 is 0. The van der Waals surface area contributed by atoms with E-state index < -0.39 is 0 Å². The number of aromatic nitrogens is 2. The number of para-hydroxylation sites is 2. The highest BCUT2D eigenvalue weighted by Gasteiger charge is 2.10. The van der Waals surface area contributed by atoms with Gasteiger partial charge in [0, 0.05) is 24.7 Å². The fourth-order valence-electron chi connectivity index (χ4n) is 2.65. The van der Waals surface area contributed by atoms with Gasteiger partial charge in [-0.3, -0.25) is 9.36 Å². The van der Waals surface area contributed by atoms with Crippen LogP contribution in [0.25, 0.3) is 11.0 Å². The molecular formula is C18H19N3O4. The fourth-order valence-corrected chi connectivity index (χ4v) is 2.65. The van der Waals surface area contributed by atoms with Crippen LogP contribution in [0.15, 0.2) is 47.3 Å². The molecule has 25 heavy (non-hydrogen) atoms. The third kappa shape index (κ3) is 3.50. The maximum Gasteiger partial charge on any atom is 0.326 e. The molecule has 0 aliphatic carbocycles. The average molecular weight is 341 g/mol. The summed E-state index contributed by atoms with van der Waals surface area (Å²) in [5.74, 6) is 0.819. The Bertz CT molecular complexity index is 936. The summed E-state index contributed by atoms with van der Waals surface area (Å²) in [7, 11) is 3.06. The van der Waals surface area contributed by atoms with E-state index in [2.05, 4.69) is 10.3 Å². The first kappa shape index (κ1) is 16.6. The maximum absolute atomic E-state index is 12.3. The molecule has 0 atom stereocenters. The van der Waals surface area contributed by atoms with Gasteiger partial charge < -0.3 is 19.8 Å². The van der Waals surface area contributed by atoms with Gasteiger partial charge in [0.2, 0.25) is 0 Å². The van der Waals surface area contributed by atoms with E-state index in [0.29, 0.717) is 30.2 Å². The summed E-state index contributed by atoms with van der Waals surface area (Å²) in [6, 6.07) is 12.4. The molecule has 1 heterocycles. The van der Waals surface area contributed by atoms with E-state index in [9.17, 15) is 9.59 Å². The Balaban J connectivity index is 1.70. The third-order valence-electron chi connectivity index (χ3n) is 3.92. The number of aromatic amines is 1. The van der Waals surface area contributed by atoms with Gasteiger partial charge in [-0.25, -0.2) is 4.79 Å². The van der Waals surface area contributed by atoms with Crippen molar-refractivity contribution < 1.29 is 14.3 Å². The highest BCUT2D eigenvalue weighted by molar-refractivity contribution is 5.95. The van der Waals surface area contributed by atoms with Gasteiger partial charge in [0.25, 0.3) is 5.91 Å². The number of hydrogen-bond acceptors (Lipinski definition) is 4. The predicted molar refractivity (Wildman–Crippen MR) is 94.4 cm³/mol. The molecule has 130 valence electrons. The molecule has 0 bridgehead atoms. The van der Waals surface area contributed by atoms with Gasteiger partial charge >= 0.3 is 5.69 Å². The molecule has 1 aromatic heterocycles. The number of rotatable bonds is 6. The molecule has 7 nitrogen and oxygen atoms in total. The number of hydrogen-bond donors (Lipinski definition) is 2. The van der Waals surface area contributed by atoms with Crippen molar-refractivity contribution in [3.8, 4) is 11.5 Å². The second-order valence-electron chi connectivity index (χ2n) is 5.46. The van der Waals surface area contributed by atoms with Crippen molar-refractivity contribution >= 4 is 16.9 Å². The lowest BCUT2D eigenvalue weighted by Crippen LogP contribution is -2.30. The topological polar surface area (TPSA) is 85.3 Å². The zero-order valence-electron chi connectivity index (χ0n) is 14.0. The average Bonchev–Trinajstić information content (AvgIpc) is 2.96. The first-order valence-electron chi connectivity index (χ1n) is 7.81. The van der Waals surface area contributed by atoms with Crippen LogP contribution in [0, 0.1) is 0 Å². The number of methoxy groups -OCH3 is 2. The van der Waals surface area contributed by atoms with E-state index >= 15 is 0 Å². The lowest BCUT2D eigenvalue weighted by molar-refractivity contribution is 0.0951. The van der Waals surface area contributed by atoms with Crippen LogP contribution in [0.3, 0.4) is 0 Å². The normalized spacial score (nSPS) is 10.6. The van der Waals surface area contributed by atoms with Crippen LogP contribution in [0.5, 0.6) is 11.5 Å². The van der Waals surface area contributed by atoms with E-state index in [1.807, 2.05) is 24.3 Å². The van der Waals surface area contributed by atoms with Gasteiger partial charge in [-0.2, -0.15) is 0 Å². The molecule has 0 saturated heterocycles. The Morgan fingerprint density at radius 1 is 1.12 bits per heavy atom. The zero-order chi connectivity index (χ0) is 17.8. The summed E-state index contributed by atoms with van der Waals surface area (Å²) in [6.07, 6.45) is 0. The van der Waals surface area contributed by atoms with Gasteiger partial charge in [-0.05, 0) is 24.3 Å². The van der Waals surface area contributed by atoms with Gasteiger partial charge in [0.1, 0.15) is 11.5 Å². The largest absolute Gasteiger partial charge is 0.497 e. The van der Waals surface area contributed by atoms with Gasteiger partial charge in [0.05, 0.1) is 25.3 Å². The molecule has 0 radical (unpaired) electrons. The molecule has 0 unspecified atom stereocenters. The monoisotopic (exact) mass is 341 g/mol. The van der Waals surface area contributed by atoms with Crippen LogP contribution in [0.2, 0.25) is 0 Å². The first-order chi connectivity index (χ1) is 12.1. The third-order valence-corrected chi connectivity index (χ3v) is 3.92. The quantitative estimate of drug-likeness (QED) is 0.716. The molecule has 0 saturated carbocycles. The lowest BCUT2D eigenvalue weighted by atomic mass is 10.2. The second-order valence-corrected chi connectivity index (χ2v) is 5.46. The number of imidazole rings is 1. The molecule has 2 aromatic carbocycles. The minimum atomic E-state index is -0.259. The van der Waals surface area contributed by atoms with Gasteiger partial charge in [-0.1, -0.05) is 12.1 Å². The first-order valence-corrected chi connectivity index (χ1v) is 7.81. The van der Waals surface area contributed by atoms with Crippen molar-refractivity contribution in [2.24, 2.45) is 0 Å². The molecule has 0 spiro atoms. The molecule has 1 amide bonds. The molecule has 0 fully saturated rings. The second kappa shape index (κ2) is 7.12. The van der Waals surface area contributed by atoms with Crippen LogP contribution in [0.1, 0.15) is 10.4 Å². The van der Waals surface area contributed by atoms with Crippen LogP contribution in [0.4, 0.5) is 0 Å². The number of carbonyl (C=O) groups excluding carboxylic acids is 1. The number of benzene rings is 2. The highest BCUT2D eigenvalue weighted by atomic mass is 16.5. The van der Waals surface area contributed by atoms with Gasteiger partial charge in [0.15, 0.2) is 0 Å². The van der Waals surface area contributed by atoms with Crippen molar-refractivity contribution in [1.29, 1.82) is 0 Å². The summed E-state index contributed by atoms with van der Waals surface area (Å²) in [6.45, 7) is 0.690. The number of nitrogens with zero attached hydrogens (tertiary/aromatic N) is 1. The number of carbonyl (C=O) groups is 1. The SMILES string of the molecule is COc1cc(OC)cc(C(=O)NCCn2c(=O)[nH]c3ccccc32)c1. The van der Waals surface area contributed by atoms with E-state index in [4.69, 9.17) is 9.47 Å². The molecule has 3 aromatic rings. The van der Waals surface area contributed by atoms with Crippen molar-refractivity contribution in [3.63, 3.8) is 0 Å². The van der Waals surface area contributed by atoms with E-state index in [1.165, 1.54) is 14.2 Å². The molecule has 2 N–H and O–H groups in total. The number of fused-ring (bicyclic) bond motifs is 1. The molecule has 0 aliphatic rings. The molecule has 7 heteroatoms. The predicted octanol–water partition coefficient (Wildman–Crippen LogP) is 1.78. The number of ether oxygens (including phenoxy) is 2. The molecule has 0 aliphatic heterocycles. The Kier molecular flexibility index (Phi) is 4.74. The van der Waals surface area contributed by atoms with Gasteiger partial charge in [-0.15, -0.1) is 0 Å². The summed E-state index contributed by atoms with van der Waals surface area (Å²) in [5.41, 5.74) is 1.82. The van der Waals surface area contributed by atoms with Crippen LogP contribution < -0.4 is 20.5 Å². The Morgan fingerprint density at radius 3 is 2.48 bits per heavy atom. The minimum absolute atomic E-state index is 0.196. The Morgan fingerprint density at radius 2 is 1.80 bits per heavy atom. The van der Waals surface area contributed by atoms with E-state index in [-0.39, 0.29) is 11.6 Å². The van der Waals surface area contributed by atoms with Crippen molar-refractivity contribution in [2.75, 3.05) is 20.8 Å². The number of amides is 1. The molecular weight excluding hydrogens is 322 g/mol. The summed E-state index contributed by atoms with van der Waals surface area (Å²) in [5, 5.41) is 2.81. The summed E-state index contributed by atoms with van der Waals surface area (Å²) in [4.78, 5) is 27.1. The van der Waals surface area contributed by atoms with Crippen LogP contribution >= 0.6 is 0 Å². The molecule has 3 rings (SSSR count). The van der Waals surface area contributed by atoms with Crippen molar-refractivity contribution in [1.82, 2.24) is 14.9 Å². The fraction of sp³-hybridized carbons (Fsp3) is 0.222. The number of nitrogens with one attached hydrogen (secondary N) is 2. The van der Waals surface area contributed by atoms with E-state index in [1.54, 1.807) is 22.8 Å². The Hall–Kier alpha value is -3.22. The highest BCUT2D eigenvalue weighted by Crippen LogP contribution is 2.22. The zero-order valence-corrected chi connectivity index (χ0v) is 14.0. The van der Waals surface area contributed by atoms with E-state index in [0.717, 1.165) is 11.0 Å². The minimum Gasteiger partial charge on any atom is -0.497 e. The lowest BCUT2D eigenvalue weighted by Gasteiger charge is -2.09. The van der Waals surface area contributed by atoms with Crippen molar-refractivity contribution in [3.05, 3.63) is 58.5 Å². The smallest absolute Gasteiger partial charge is 0.326 e. The summed E-state index contributed by atoms with van der Waals surface area (Å²) < 4.78 is 11.9. The standard InChI is InChI=1S/C18H19N3O4/c1-24-13-9-12(10-14(11-13)25-2)17(22)19-7-8-21-16-6-4-3-5-15(16)20-18(21)23/h3-6,9-11H,7-8H2,1-2H3,(H,19,22)(H,20,23). The van der Waals surface area contributed by atoms with Crippen LogP contribution in [-0.2, 0) is 6.54 Å². The maximum atomic E-state index is 12.3.